The summed E-state index contributed by atoms with van der Waals surface area (Å²) in [5, 5.41) is 0. The van der Waals surface area contributed by atoms with Crippen LogP contribution in [0.5, 0.6) is 11.5 Å². The maximum atomic E-state index is 6.16. The first kappa shape index (κ1) is 14.2. The first-order valence-electron chi connectivity index (χ1n) is 6.59. The van der Waals surface area contributed by atoms with Crippen LogP contribution in [0.15, 0.2) is 12.1 Å². The van der Waals surface area contributed by atoms with E-state index in [4.69, 9.17) is 19.9 Å². The van der Waals surface area contributed by atoms with Crippen molar-refractivity contribution in [2.75, 3.05) is 21.3 Å². The average Bonchev–Trinajstić information content (AvgIpc) is 3.20. The zero-order chi connectivity index (χ0) is 14.0. The molecule has 1 aromatic carbocycles. The van der Waals surface area contributed by atoms with Crippen LogP contribution in [0.4, 0.5) is 0 Å². The average molecular weight is 265 g/mol. The van der Waals surface area contributed by atoms with Gasteiger partial charge in [0.25, 0.3) is 0 Å². The van der Waals surface area contributed by atoms with Crippen molar-refractivity contribution in [1.82, 2.24) is 0 Å². The predicted octanol–water partition coefficient (Wildman–Crippen LogP) is 2.23. The maximum absolute atomic E-state index is 6.16. The van der Waals surface area contributed by atoms with Crippen molar-refractivity contribution in [3.8, 4) is 11.5 Å². The molecule has 1 atom stereocenters. The molecule has 4 heteroatoms. The molecule has 0 aliphatic heterocycles. The van der Waals surface area contributed by atoms with Gasteiger partial charge in [-0.1, -0.05) is 0 Å². The van der Waals surface area contributed by atoms with Crippen LogP contribution in [-0.4, -0.2) is 27.4 Å². The van der Waals surface area contributed by atoms with Gasteiger partial charge in [-0.15, -0.1) is 0 Å². The highest BCUT2D eigenvalue weighted by molar-refractivity contribution is 5.52. The Morgan fingerprint density at radius 1 is 1.16 bits per heavy atom. The number of nitrogens with two attached hydrogens (primary N) is 1. The van der Waals surface area contributed by atoms with E-state index in [0.717, 1.165) is 29.9 Å². The third kappa shape index (κ3) is 2.42. The van der Waals surface area contributed by atoms with E-state index < -0.39 is 0 Å². The topological polar surface area (TPSA) is 53.7 Å². The molecule has 0 heterocycles. The molecule has 106 valence electrons. The van der Waals surface area contributed by atoms with Gasteiger partial charge in [-0.25, -0.2) is 0 Å². The molecule has 0 amide bonds. The normalized spacial score (nSPS) is 17.9. The fraction of sp³-hybridized carbons (Fsp3) is 0.600. The van der Waals surface area contributed by atoms with Crippen LogP contribution in [0.3, 0.4) is 0 Å². The van der Waals surface area contributed by atoms with Crippen LogP contribution in [-0.2, 0) is 16.8 Å². The van der Waals surface area contributed by atoms with Gasteiger partial charge in [0.2, 0.25) is 0 Å². The summed E-state index contributed by atoms with van der Waals surface area (Å²) >= 11 is 0. The predicted molar refractivity (Wildman–Crippen MR) is 74.8 cm³/mol. The molecule has 1 aliphatic rings. The van der Waals surface area contributed by atoms with E-state index in [0.29, 0.717) is 6.61 Å². The summed E-state index contributed by atoms with van der Waals surface area (Å²) in [6, 6.07) is 4.18. The second kappa shape index (κ2) is 5.39. The molecule has 1 aromatic rings. The Morgan fingerprint density at radius 3 is 2.21 bits per heavy atom. The van der Waals surface area contributed by atoms with Crippen LogP contribution in [0.1, 0.15) is 30.9 Å². The zero-order valence-electron chi connectivity index (χ0n) is 12.2. The highest BCUT2D eigenvalue weighted by Gasteiger charge is 2.49. The Balaban J connectivity index is 2.50. The highest BCUT2D eigenvalue weighted by atomic mass is 16.5. The second-order valence-electron chi connectivity index (χ2n) is 5.24. The van der Waals surface area contributed by atoms with Gasteiger partial charge in [0, 0.05) is 35.8 Å². The van der Waals surface area contributed by atoms with Gasteiger partial charge in [-0.05, 0) is 25.8 Å². The summed E-state index contributed by atoms with van der Waals surface area (Å²) in [4.78, 5) is 0. The monoisotopic (exact) mass is 265 g/mol. The van der Waals surface area contributed by atoms with Crippen molar-refractivity contribution in [2.45, 2.75) is 37.8 Å². The lowest BCUT2D eigenvalue weighted by Gasteiger charge is -2.24. The largest absolute Gasteiger partial charge is 0.496 e. The van der Waals surface area contributed by atoms with Gasteiger partial charge in [0.1, 0.15) is 11.5 Å². The van der Waals surface area contributed by atoms with Crippen molar-refractivity contribution in [2.24, 2.45) is 5.73 Å². The summed E-state index contributed by atoms with van der Waals surface area (Å²) in [6.45, 7) is 2.59. The molecule has 0 radical (unpaired) electrons. The van der Waals surface area contributed by atoms with Crippen molar-refractivity contribution in [1.29, 1.82) is 0 Å². The quantitative estimate of drug-likeness (QED) is 0.857. The smallest absolute Gasteiger partial charge is 0.128 e. The zero-order valence-corrected chi connectivity index (χ0v) is 12.2. The van der Waals surface area contributed by atoms with Gasteiger partial charge < -0.3 is 19.9 Å². The van der Waals surface area contributed by atoms with E-state index in [2.05, 4.69) is 13.0 Å². The Morgan fingerprint density at radius 2 is 1.79 bits per heavy atom. The first-order valence-corrected chi connectivity index (χ1v) is 6.59. The third-order valence-electron chi connectivity index (χ3n) is 4.10. The lowest BCUT2D eigenvalue weighted by Crippen LogP contribution is -2.32. The Kier molecular flexibility index (Phi) is 4.02. The molecule has 1 aliphatic carbocycles. The van der Waals surface area contributed by atoms with E-state index in [1.54, 1.807) is 21.3 Å². The maximum Gasteiger partial charge on any atom is 0.128 e. The minimum absolute atomic E-state index is 0.0557. The molecule has 0 saturated heterocycles. The Bertz CT molecular complexity index is 453. The lowest BCUT2D eigenvalue weighted by atomic mass is 9.87. The van der Waals surface area contributed by atoms with Crippen molar-refractivity contribution < 1.29 is 14.2 Å². The summed E-state index contributed by atoms with van der Waals surface area (Å²) in [5.74, 6) is 1.65. The van der Waals surface area contributed by atoms with Gasteiger partial charge in [0.15, 0.2) is 0 Å². The standard InChI is InChI=1S/C15H23NO3/c1-10(16)15(5-6-15)12-7-11(9-17-2)13(18-3)8-14(12)19-4/h7-8,10H,5-6,9,16H2,1-4H3. The van der Waals surface area contributed by atoms with E-state index in [9.17, 15) is 0 Å². The molecule has 1 fully saturated rings. The number of rotatable bonds is 6. The fourth-order valence-corrected chi connectivity index (χ4v) is 2.73. The number of ether oxygens (including phenoxy) is 3. The van der Waals surface area contributed by atoms with Gasteiger partial charge in [-0.2, -0.15) is 0 Å². The van der Waals surface area contributed by atoms with Gasteiger partial charge in [-0.3, -0.25) is 0 Å². The molecule has 2 N–H and O–H groups in total. The fourth-order valence-electron chi connectivity index (χ4n) is 2.73. The molecule has 0 spiro atoms. The van der Waals surface area contributed by atoms with Crippen molar-refractivity contribution >= 4 is 0 Å². The van der Waals surface area contributed by atoms with Crippen molar-refractivity contribution in [3.63, 3.8) is 0 Å². The molecule has 19 heavy (non-hydrogen) atoms. The number of hydrogen-bond acceptors (Lipinski definition) is 4. The van der Waals surface area contributed by atoms with Crippen LogP contribution in [0.25, 0.3) is 0 Å². The molecule has 4 nitrogen and oxygen atoms in total. The van der Waals surface area contributed by atoms with Gasteiger partial charge >= 0.3 is 0 Å². The molecule has 0 bridgehead atoms. The minimum Gasteiger partial charge on any atom is -0.496 e. The van der Waals surface area contributed by atoms with Crippen LogP contribution < -0.4 is 15.2 Å². The molecular formula is C15H23NO3. The van der Waals surface area contributed by atoms with E-state index in [-0.39, 0.29) is 11.5 Å². The van der Waals surface area contributed by atoms with Crippen LogP contribution >= 0.6 is 0 Å². The highest BCUT2D eigenvalue weighted by Crippen LogP contribution is 2.54. The second-order valence-corrected chi connectivity index (χ2v) is 5.24. The third-order valence-corrected chi connectivity index (χ3v) is 4.10. The van der Waals surface area contributed by atoms with Crippen LogP contribution in [0.2, 0.25) is 0 Å². The summed E-state index contributed by atoms with van der Waals surface area (Å²) < 4.78 is 16.2. The van der Waals surface area contributed by atoms with Crippen LogP contribution in [0, 0.1) is 0 Å². The molecule has 1 saturated carbocycles. The summed E-state index contributed by atoms with van der Waals surface area (Å²) in [6.07, 6.45) is 2.22. The lowest BCUT2D eigenvalue weighted by molar-refractivity contribution is 0.181. The van der Waals surface area contributed by atoms with E-state index in [1.165, 1.54) is 5.56 Å². The summed E-state index contributed by atoms with van der Waals surface area (Å²) in [5.41, 5.74) is 8.43. The summed E-state index contributed by atoms with van der Waals surface area (Å²) in [7, 11) is 5.03. The van der Waals surface area contributed by atoms with Crippen molar-refractivity contribution in [3.05, 3.63) is 23.3 Å². The van der Waals surface area contributed by atoms with E-state index >= 15 is 0 Å². The molecule has 0 aromatic heterocycles. The first-order chi connectivity index (χ1) is 9.08. The number of methoxy groups -OCH3 is 3. The molecule has 1 unspecified atom stereocenters. The van der Waals surface area contributed by atoms with E-state index in [1.807, 2.05) is 6.07 Å². The Labute approximate surface area is 114 Å². The number of hydrogen-bond donors (Lipinski definition) is 1. The molecular weight excluding hydrogens is 242 g/mol. The number of benzene rings is 1. The van der Waals surface area contributed by atoms with Gasteiger partial charge in [0.05, 0.1) is 20.8 Å². The SMILES string of the molecule is COCc1cc(C2(C(C)N)CC2)c(OC)cc1OC. The molecule has 2 rings (SSSR count). The Hall–Kier alpha value is -1.26. The minimum atomic E-state index is 0.0557.